The minimum atomic E-state index is -0.919. The van der Waals surface area contributed by atoms with E-state index in [9.17, 15) is 4.79 Å². The third kappa shape index (κ3) is 4.36. The van der Waals surface area contributed by atoms with Gasteiger partial charge < -0.3 is 10.5 Å². The first kappa shape index (κ1) is 14.0. The van der Waals surface area contributed by atoms with E-state index in [4.69, 9.17) is 10.5 Å². The summed E-state index contributed by atoms with van der Waals surface area (Å²) in [6.45, 7) is 7.25. The molecule has 2 N–H and O–H groups in total. The Balaban J connectivity index is 0. The van der Waals surface area contributed by atoms with Gasteiger partial charge in [-0.05, 0) is 20.3 Å². The first-order valence-electron chi connectivity index (χ1n) is 3.61. The van der Waals surface area contributed by atoms with Crippen LogP contribution in [0.15, 0.2) is 12.7 Å². The first-order chi connectivity index (χ1) is 5.04. The minimum Gasteiger partial charge on any atom is -0.465 e. The molecule has 1 atom stereocenters. The number of hydrogen-bond acceptors (Lipinski definition) is 3. The molecule has 0 bridgehead atoms. The van der Waals surface area contributed by atoms with Gasteiger partial charge in [-0.25, -0.2) is 0 Å². The van der Waals surface area contributed by atoms with Gasteiger partial charge in [0.25, 0.3) is 0 Å². The summed E-state index contributed by atoms with van der Waals surface area (Å²) in [6, 6.07) is 0. The van der Waals surface area contributed by atoms with Crippen LogP contribution in [0.1, 0.15) is 20.3 Å². The number of carbonyl (C=O) groups excluding carboxylic acids is 1. The number of rotatable bonds is 4. The van der Waals surface area contributed by atoms with Crippen LogP contribution >= 0.6 is 12.4 Å². The first-order valence-corrected chi connectivity index (χ1v) is 3.61. The molecule has 0 saturated heterocycles. The summed E-state index contributed by atoms with van der Waals surface area (Å²) in [6.07, 6.45) is 2.04. The zero-order chi connectivity index (χ0) is 8.91. The van der Waals surface area contributed by atoms with Crippen molar-refractivity contribution >= 4 is 18.4 Å². The highest BCUT2D eigenvalue weighted by Gasteiger charge is 2.27. The Morgan fingerprint density at radius 1 is 1.75 bits per heavy atom. The molecule has 0 aliphatic rings. The lowest BCUT2D eigenvalue weighted by Crippen LogP contribution is -2.45. The van der Waals surface area contributed by atoms with Crippen LogP contribution in [0, 0.1) is 0 Å². The summed E-state index contributed by atoms with van der Waals surface area (Å²) in [5, 5.41) is 0. The maximum Gasteiger partial charge on any atom is 0.326 e. The number of carbonyl (C=O) groups is 1. The van der Waals surface area contributed by atoms with Gasteiger partial charge in [-0.1, -0.05) is 6.08 Å². The van der Waals surface area contributed by atoms with E-state index in [-0.39, 0.29) is 18.4 Å². The summed E-state index contributed by atoms with van der Waals surface area (Å²) in [5.41, 5.74) is 4.69. The summed E-state index contributed by atoms with van der Waals surface area (Å²) < 4.78 is 4.75. The normalized spacial score (nSPS) is 13.9. The molecule has 0 aliphatic carbocycles. The predicted octanol–water partition coefficient (Wildman–Crippen LogP) is 1.26. The quantitative estimate of drug-likeness (QED) is 0.541. The SMILES string of the molecule is C=CC[C@](C)(N)C(=O)OCC.Cl. The Hall–Kier alpha value is -0.540. The van der Waals surface area contributed by atoms with Crippen LogP contribution in [0.5, 0.6) is 0 Å². The number of esters is 1. The molecule has 0 aliphatic heterocycles. The lowest BCUT2D eigenvalue weighted by atomic mass is 10.00. The Morgan fingerprint density at radius 2 is 2.25 bits per heavy atom. The number of nitrogens with two attached hydrogens (primary N) is 1. The average Bonchev–Trinajstić information content (AvgIpc) is 1.88. The van der Waals surface area contributed by atoms with Gasteiger partial charge in [-0.15, -0.1) is 19.0 Å². The molecule has 72 valence electrons. The molecule has 0 heterocycles. The average molecular weight is 194 g/mol. The minimum absolute atomic E-state index is 0. The van der Waals surface area contributed by atoms with Crippen LogP contribution in [0.25, 0.3) is 0 Å². The second kappa shape index (κ2) is 6.03. The van der Waals surface area contributed by atoms with E-state index in [1.807, 2.05) is 0 Å². The second-order valence-corrected chi connectivity index (χ2v) is 2.63. The highest BCUT2D eigenvalue weighted by atomic mass is 35.5. The standard InChI is InChI=1S/C8H15NO2.ClH/c1-4-6-8(3,9)7(10)11-5-2;/h4H,1,5-6,9H2,2-3H3;1H/t8-;/m0./s1. The third-order valence-corrected chi connectivity index (χ3v) is 1.31. The van der Waals surface area contributed by atoms with Crippen molar-refractivity contribution in [3.63, 3.8) is 0 Å². The molecule has 0 amide bonds. The molecular weight excluding hydrogens is 178 g/mol. The van der Waals surface area contributed by atoms with E-state index in [2.05, 4.69) is 6.58 Å². The van der Waals surface area contributed by atoms with Gasteiger partial charge in [-0.3, -0.25) is 4.79 Å². The molecule has 0 aromatic rings. The fourth-order valence-electron chi connectivity index (χ4n) is 0.679. The fraction of sp³-hybridized carbons (Fsp3) is 0.625. The molecule has 0 rings (SSSR count). The van der Waals surface area contributed by atoms with Crippen molar-refractivity contribution in [2.75, 3.05) is 6.61 Å². The second-order valence-electron chi connectivity index (χ2n) is 2.63. The van der Waals surface area contributed by atoms with E-state index in [0.717, 1.165) is 0 Å². The Bertz CT molecular complexity index is 157. The van der Waals surface area contributed by atoms with Gasteiger partial charge in [0.1, 0.15) is 5.54 Å². The van der Waals surface area contributed by atoms with Crippen LogP contribution in [0.2, 0.25) is 0 Å². The summed E-state index contributed by atoms with van der Waals surface area (Å²) in [4.78, 5) is 11.1. The van der Waals surface area contributed by atoms with Gasteiger partial charge in [0.15, 0.2) is 0 Å². The summed E-state index contributed by atoms with van der Waals surface area (Å²) in [5.74, 6) is -0.375. The molecule has 4 heteroatoms. The highest BCUT2D eigenvalue weighted by Crippen LogP contribution is 2.07. The topological polar surface area (TPSA) is 52.3 Å². The van der Waals surface area contributed by atoms with Crippen molar-refractivity contribution in [3.05, 3.63) is 12.7 Å². The van der Waals surface area contributed by atoms with Crippen molar-refractivity contribution in [1.29, 1.82) is 0 Å². The zero-order valence-corrected chi connectivity index (χ0v) is 8.32. The molecule has 0 unspecified atom stereocenters. The smallest absolute Gasteiger partial charge is 0.326 e. The molecule has 0 saturated carbocycles. The molecular formula is C8H16ClNO2. The van der Waals surface area contributed by atoms with Crippen molar-refractivity contribution in [2.24, 2.45) is 5.73 Å². The Labute approximate surface area is 79.4 Å². The van der Waals surface area contributed by atoms with Gasteiger partial charge in [0.05, 0.1) is 6.61 Å². The van der Waals surface area contributed by atoms with E-state index < -0.39 is 5.54 Å². The van der Waals surface area contributed by atoms with Crippen molar-refractivity contribution in [2.45, 2.75) is 25.8 Å². The summed E-state index contributed by atoms with van der Waals surface area (Å²) in [7, 11) is 0. The summed E-state index contributed by atoms with van der Waals surface area (Å²) >= 11 is 0. The van der Waals surface area contributed by atoms with Gasteiger partial charge in [0.2, 0.25) is 0 Å². The molecule has 3 nitrogen and oxygen atoms in total. The number of halogens is 1. The Kier molecular flexibility index (Phi) is 7.04. The molecule has 0 spiro atoms. The predicted molar refractivity (Wildman–Crippen MR) is 51.3 cm³/mol. The molecule has 12 heavy (non-hydrogen) atoms. The van der Waals surface area contributed by atoms with Crippen LogP contribution in [0.4, 0.5) is 0 Å². The molecule has 0 fully saturated rings. The van der Waals surface area contributed by atoms with Crippen molar-refractivity contribution < 1.29 is 9.53 Å². The van der Waals surface area contributed by atoms with Crippen molar-refractivity contribution in [1.82, 2.24) is 0 Å². The van der Waals surface area contributed by atoms with E-state index in [0.29, 0.717) is 13.0 Å². The van der Waals surface area contributed by atoms with Gasteiger partial charge >= 0.3 is 5.97 Å². The lowest BCUT2D eigenvalue weighted by Gasteiger charge is -2.19. The third-order valence-electron chi connectivity index (χ3n) is 1.31. The zero-order valence-electron chi connectivity index (χ0n) is 7.50. The lowest BCUT2D eigenvalue weighted by molar-refractivity contribution is -0.148. The van der Waals surface area contributed by atoms with E-state index >= 15 is 0 Å². The molecule has 0 radical (unpaired) electrons. The van der Waals surface area contributed by atoms with E-state index in [1.54, 1.807) is 19.9 Å². The van der Waals surface area contributed by atoms with Gasteiger partial charge in [0, 0.05) is 0 Å². The number of ether oxygens (including phenoxy) is 1. The van der Waals surface area contributed by atoms with E-state index in [1.165, 1.54) is 0 Å². The van der Waals surface area contributed by atoms with Crippen LogP contribution in [-0.4, -0.2) is 18.1 Å². The molecule has 0 aromatic carbocycles. The molecule has 0 aromatic heterocycles. The van der Waals surface area contributed by atoms with Crippen molar-refractivity contribution in [3.8, 4) is 0 Å². The fourth-order valence-corrected chi connectivity index (χ4v) is 0.679. The Morgan fingerprint density at radius 3 is 2.58 bits per heavy atom. The van der Waals surface area contributed by atoms with Crippen LogP contribution in [0.3, 0.4) is 0 Å². The van der Waals surface area contributed by atoms with Crippen LogP contribution < -0.4 is 5.73 Å². The monoisotopic (exact) mass is 193 g/mol. The maximum absolute atomic E-state index is 11.1. The van der Waals surface area contributed by atoms with Crippen LogP contribution in [-0.2, 0) is 9.53 Å². The highest BCUT2D eigenvalue weighted by molar-refractivity contribution is 5.85. The number of hydrogen-bond donors (Lipinski definition) is 1. The largest absolute Gasteiger partial charge is 0.465 e. The maximum atomic E-state index is 11.1. The van der Waals surface area contributed by atoms with Gasteiger partial charge in [-0.2, -0.15) is 0 Å².